The molecule has 2 aromatic rings. The van der Waals surface area contributed by atoms with Crippen molar-refractivity contribution in [1.82, 2.24) is 9.97 Å². The number of hydrogen-bond acceptors (Lipinski definition) is 6. The predicted molar refractivity (Wildman–Crippen MR) is 77.6 cm³/mol. The van der Waals surface area contributed by atoms with Gasteiger partial charge in [-0.2, -0.15) is 0 Å². The zero-order valence-electron chi connectivity index (χ0n) is 10.1. The minimum absolute atomic E-state index is 0.0343. The van der Waals surface area contributed by atoms with E-state index in [-0.39, 0.29) is 5.69 Å². The maximum absolute atomic E-state index is 10.6. The summed E-state index contributed by atoms with van der Waals surface area (Å²) in [5, 5.41) is 16.8. The number of nitrogens with one attached hydrogen (secondary N) is 1. The molecule has 0 spiro atoms. The fourth-order valence-electron chi connectivity index (χ4n) is 1.46. The highest BCUT2D eigenvalue weighted by Gasteiger charge is 2.10. The number of halogens is 1. The van der Waals surface area contributed by atoms with E-state index in [9.17, 15) is 10.1 Å². The molecule has 0 bridgehead atoms. The van der Waals surface area contributed by atoms with Gasteiger partial charge in [-0.25, -0.2) is 9.97 Å². The number of hydrogen-bond donors (Lipinski definition) is 1. The fraction of sp³-hybridized carbons (Fsp3) is 0.273. The summed E-state index contributed by atoms with van der Waals surface area (Å²) in [7, 11) is 0. The highest BCUT2D eigenvalue weighted by atomic mass is 79.9. The molecular weight excluding hydrogens is 332 g/mol. The number of rotatable bonds is 5. The van der Waals surface area contributed by atoms with Crippen molar-refractivity contribution in [2.75, 3.05) is 11.9 Å². The van der Waals surface area contributed by atoms with Gasteiger partial charge in [0.2, 0.25) is 0 Å². The second-order valence-electron chi connectivity index (χ2n) is 3.84. The molecule has 0 saturated heterocycles. The van der Waals surface area contributed by atoms with E-state index in [1.807, 2.05) is 12.3 Å². The van der Waals surface area contributed by atoms with E-state index in [4.69, 9.17) is 0 Å². The zero-order valence-corrected chi connectivity index (χ0v) is 12.5. The van der Waals surface area contributed by atoms with E-state index in [1.54, 1.807) is 11.3 Å². The van der Waals surface area contributed by atoms with Crippen LogP contribution in [0.5, 0.6) is 0 Å². The Labute approximate surface area is 122 Å². The van der Waals surface area contributed by atoms with Crippen LogP contribution < -0.4 is 5.32 Å². The lowest BCUT2D eigenvalue weighted by atomic mass is 10.4. The van der Waals surface area contributed by atoms with Crippen LogP contribution >= 0.6 is 27.3 Å². The van der Waals surface area contributed by atoms with Crippen LogP contribution in [0.25, 0.3) is 0 Å². The molecular formula is C11H11BrN4O2S. The van der Waals surface area contributed by atoms with Crippen molar-refractivity contribution in [3.63, 3.8) is 0 Å². The Morgan fingerprint density at radius 1 is 1.58 bits per heavy atom. The first-order valence-electron chi connectivity index (χ1n) is 5.51. The molecule has 2 heterocycles. The SMILES string of the molecule is Cc1csc(CCNc2ncc([N+](=O)[O-])cc2Br)n1. The Hall–Kier alpha value is -1.54. The molecule has 19 heavy (non-hydrogen) atoms. The molecule has 0 radical (unpaired) electrons. The molecule has 0 unspecified atom stereocenters. The third-order valence-corrected chi connectivity index (χ3v) is 3.97. The van der Waals surface area contributed by atoms with Gasteiger partial charge in [0, 0.05) is 30.1 Å². The standard InChI is InChI=1S/C11H11BrN4O2S/c1-7-6-19-10(15-7)2-3-13-11-9(12)4-8(5-14-11)16(17)18/h4-6H,2-3H2,1H3,(H,13,14). The first-order valence-corrected chi connectivity index (χ1v) is 7.18. The number of aromatic nitrogens is 2. The van der Waals surface area contributed by atoms with Gasteiger partial charge in [0.15, 0.2) is 0 Å². The van der Waals surface area contributed by atoms with Crippen LogP contribution in [0.1, 0.15) is 10.7 Å². The molecule has 0 aliphatic carbocycles. The first kappa shape index (κ1) is 13.9. The second-order valence-corrected chi connectivity index (χ2v) is 5.64. The Kier molecular flexibility index (Phi) is 4.43. The molecule has 0 aromatic carbocycles. The van der Waals surface area contributed by atoms with E-state index in [0.29, 0.717) is 16.8 Å². The Morgan fingerprint density at radius 3 is 2.95 bits per heavy atom. The van der Waals surface area contributed by atoms with Crippen molar-refractivity contribution in [3.05, 3.63) is 42.9 Å². The molecule has 0 aliphatic rings. The summed E-state index contributed by atoms with van der Waals surface area (Å²) in [6.07, 6.45) is 2.03. The maximum Gasteiger partial charge on any atom is 0.288 e. The largest absolute Gasteiger partial charge is 0.369 e. The lowest BCUT2D eigenvalue weighted by Gasteiger charge is -2.05. The van der Waals surface area contributed by atoms with Crippen LogP contribution in [0.2, 0.25) is 0 Å². The maximum atomic E-state index is 10.6. The molecule has 0 fully saturated rings. The number of pyridine rings is 1. The van der Waals surface area contributed by atoms with Crippen molar-refractivity contribution >= 4 is 38.8 Å². The van der Waals surface area contributed by atoms with Gasteiger partial charge in [-0.05, 0) is 22.9 Å². The first-order chi connectivity index (χ1) is 9.06. The van der Waals surface area contributed by atoms with Crippen LogP contribution in [0.4, 0.5) is 11.5 Å². The molecule has 0 amide bonds. The minimum atomic E-state index is -0.472. The van der Waals surface area contributed by atoms with Gasteiger partial charge in [-0.1, -0.05) is 0 Å². The summed E-state index contributed by atoms with van der Waals surface area (Å²) in [6.45, 7) is 2.64. The van der Waals surface area contributed by atoms with E-state index in [2.05, 4.69) is 31.2 Å². The lowest BCUT2D eigenvalue weighted by Crippen LogP contribution is -2.07. The van der Waals surface area contributed by atoms with Crippen LogP contribution in [0.3, 0.4) is 0 Å². The van der Waals surface area contributed by atoms with Crippen LogP contribution in [-0.4, -0.2) is 21.4 Å². The van der Waals surface area contributed by atoms with Gasteiger partial charge in [0.1, 0.15) is 12.0 Å². The summed E-state index contributed by atoms with van der Waals surface area (Å²) in [5.41, 5.74) is 0.989. The van der Waals surface area contributed by atoms with Crippen molar-refractivity contribution in [2.24, 2.45) is 0 Å². The van der Waals surface area contributed by atoms with E-state index >= 15 is 0 Å². The molecule has 100 valence electrons. The third kappa shape index (κ3) is 3.71. The van der Waals surface area contributed by atoms with E-state index in [0.717, 1.165) is 17.1 Å². The average Bonchev–Trinajstić information content (AvgIpc) is 2.77. The number of nitrogens with zero attached hydrogens (tertiary/aromatic N) is 3. The zero-order chi connectivity index (χ0) is 13.8. The monoisotopic (exact) mass is 342 g/mol. The Morgan fingerprint density at radius 2 is 2.37 bits per heavy atom. The highest BCUT2D eigenvalue weighted by molar-refractivity contribution is 9.10. The second kappa shape index (κ2) is 6.07. The molecule has 2 rings (SSSR count). The Balaban J connectivity index is 1.94. The quantitative estimate of drug-likeness (QED) is 0.666. The van der Waals surface area contributed by atoms with Crippen LogP contribution in [0.15, 0.2) is 22.1 Å². The smallest absolute Gasteiger partial charge is 0.288 e. The van der Waals surface area contributed by atoms with Gasteiger partial charge in [-0.3, -0.25) is 10.1 Å². The normalized spacial score (nSPS) is 10.4. The highest BCUT2D eigenvalue weighted by Crippen LogP contribution is 2.24. The molecule has 2 aromatic heterocycles. The van der Waals surface area contributed by atoms with Crippen molar-refractivity contribution in [1.29, 1.82) is 0 Å². The lowest BCUT2D eigenvalue weighted by molar-refractivity contribution is -0.385. The van der Waals surface area contributed by atoms with Gasteiger partial charge in [0.05, 0.1) is 14.4 Å². The summed E-state index contributed by atoms with van der Waals surface area (Å²) in [6, 6.07) is 1.43. The average molecular weight is 343 g/mol. The molecule has 1 N–H and O–H groups in total. The summed E-state index contributed by atoms with van der Waals surface area (Å²) < 4.78 is 0.581. The van der Waals surface area contributed by atoms with E-state index in [1.165, 1.54) is 12.3 Å². The van der Waals surface area contributed by atoms with Gasteiger partial charge in [0.25, 0.3) is 5.69 Å². The fourth-order valence-corrected chi connectivity index (χ4v) is 2.72. The van der Waals surface area contributed by atoms with Crippen LogP contribution in [-0.2, 0) is 6.42 Å². The summed E-state index contributed by atoms with van der Waals surface area (Å²) in [5.74, 6) is 0.596. The van der Waals surface area contributed by atoms with Gasteiger partial charge < -0.3 is 5.32 Å². The van der Waals surface area contributed by atoms with Gasteiger partial charge >= 0.3 is 0 Å². The third-order valence-electron chi connectivity index (χ3n) is 2.34. The molecule has 8 heteroatoms. The summed E-state index contributed by atoms with van der Waals surface area (Å²) >= 11 is 4.89. The minimum Gasteiger partial charge on any atom is -0.369 e. The summed E-state index contributed by atoms with van der Waals surface area (Å²) in [4.78, 5) is 18.5. The molecule has 0 atom stereocenters. The van der Waals surface area contributed by atoms with Crippen molar-refractivity contribution in [2.45, 2.75) is 13.3 Å². The van der Waals surface area contributed by atoms with Crippen molar-refractivity contribution in [3.8, 4) is 0 Å². The predicted octanol–water partition coefficient (Wildman–Crippen LogP) is 3.17. The molecule has 0 aliphatic heterocycles. The topological polar surface area (TPSA) is 81.0 Å². The molecule has 0 saturated carbocycles. The number of thiazole rings is 1. The van der Waals surface area contributed by atoms with Crippen LogP contribution in [0, 0.1) is 17.0 Å². The number of anilines is 1. The van der Waals surface area contributed by atoms with E-state index < -0.39 is 4.92 Å². The van der Waals surface area contributed by atoms with Crippen molar-refractivity contribution < 1.29 is 4.92 Å². The molecule has 6 nitrogen and oxygen atoms in total. The Bertz CT molecular complexity index is 602. The number of nitro groups is 1. The number of aryl methyl sites for hydroxylation is 1. The van der Waals surface area contributed by atoms with Gasteiger partial charge in [-0.15, -0.1) is 11.3 Å².